The van der Waals surface area contributed by atoms with Gasteiger partial charge in [-0.25, -0.2) is 0 Å². The molecule has 2 aliphatic rings. The number of nitrogens with zero attached hydrogens (tertiary/aromatic N) is 1. The monoisotopic (exact) mass is 320 g/mol. The van der Waals surface area contributed by atoms with Gasteiger partial charge in [-0.05, 0) is 38.1 Å². The van der Waals surface area contributed by atoms with Crippen LogP contribution in [-0.2, 0) is 11.3 Å². The lowest BCUT2D eigenvalue weighted by Crippen LogP contribution is -2.44. The van der Waals surface area contributed by atoms with Gasteiger partial charge in [-0.1, -0.05) is 0 Å². The molecule has 6 heteroatoms. The highest BCUT2D eigenvalue weighted by Crippen LogP contribution is 2.39. The van der Waals surface area contributed by atoms with Crippen LogP contribution in [0.4, 0.5) is 0 Å². The van der Waals surface area contributed by atoms with E-state index < -0.39 is 6.10 Å². The van der Waals surface area contributed by atoms with E-state index in [1.165, 1.54) is 0 Å². The minimum atomic E-state index is -0.755. The van der Waals surface area contributed by atoms with Crippen LogP contribution < -0.4 is 14.8 Å². The van der Waals surface area contributed by atoms with Crippen molar-refractivity contribution in [1.29, 1.82) is 0 Å². The second-order valence-electron chi connectivity index (χ2n) is 6.12. The SMILES string of the molecule is COc1ccc(OC)c2c1CN(C(=O)C1CCNCC1)CC2O. The Morgan fingerprint density at radius 3 is 2.52 bits per heavy atom. The van der Waals surface area contributed by atoms with Gasteiger partial charge < -0.3 is 24.8 Å². The Morgan fingerprint density at radius 2 is 1.87 bits per heavy atom. The third-order valence-electron chi connectivity index (χ3n) is 4.79. The summed E-state index contributed by atoms with van der Waals surface area (Å²) in [7, 11) is 3.18. The second kappa shape index (κ2) is 6.76. The maximum absolute atomic E-state index is 12.8. The second-order valence-corrected chi connectivity index (χ2v) is 6.12. The molecule has 2 N–H and O–H groups in total. The van der Waals surface area contributed by atoms with E-state index >= 15 is 0 Å². The zero-order valence-electron chi connectivity index (χ0n) is 13.7. The molecule has 126 valence electrons. The molecule has 2 heterocycles. The number of hydrogen-bond acceptors (Lipinski definition) is 5. The Bertz CT molecular complexity index is 584. The summed E-state index contributed by atoms with van der Waals surface area (Å²) in [4.78, 5) is 14.5. The van der Waals surface area contributed by atoms with E-state index in [1.54, 1.807) is 25.2 Å². The highest BCUT2D eigenvalue weighted by Gasteiger charge is 2.34. The fourth-order valence-corrected chi connectivity index (χ4v) is 3.57. The lowest BCUT2D eigenvalue weighted by molar-refractivity contribution is -0.139. The molecule has 1 unspecified atom stereocenters. The van der Waals surface area contributed by atoms with Crippen molar-refractivity contribution < 1.29 is 19.4 Å². The van der Waals surface area contributed by atoms with Gasteiger partial charge in [-0.2, -0.15) is 0 Å². The molecule has 0 radical (unpaired) electrons. The Morgan fingerprint density at radius 1 is 1.22 bits per heavy atom. The average molecular weight is 320 g/mol. The maximum Gasteiger partial charge on any atom is 0.226 e. The number of piperidine rings is 1. The number of amides is 1. The smallest absolute Gasteiger partial charge is 0.226 e. The van der Waals surface area contributed by atoms with Crippen LogP contribution in [0, 0.1) is 5.92 Å². The first-order valence-electron chi connectivity index (χ1n) is 8.07. The first kappa shape index (κ1) is 16.1. The zero-order chi connectivity index (χ0) is 16.4. The van der Waals surface area contributed by atoms with Crippen LogP contribution in [0.1, 0.15) is 30.1 Å². The molecule has 1 amide bonds. The van der Waals surface area contributed by atoms with Crippen LogP contribution in [0.2, 0.25) is 0 Å². The van der Waals surface area contributed by atoms with Crippen molar-refractivity contribution in [2.45, 2.75) is 25.5 Å². The fourth-order valence-electron chi connectivity index (χ4n) is 3.57. The number of carbonyl (C=O) groups excluding carboxylic acids is 1. The summed E-state index contributed by atoms with van der Waals surface area (Å²) in [6.07, 6.45) is 0.954. The van der Waals surface area contributed by atoms with E-state index in [4.69, 9.17) is 9.47 Å². The molecule has 1 saturated heterocycles. The van der Waals surface area contributed by atoms with Crippen LogP contribution in [0.5, 0.6) is 11.5 Å². The average Bonchev–Trinajstić information content (AvgIpc) is 2.60. The number of fused-ring (bicyclic) bond motifs is 1. The van der Waals surface area contributed by atoms with Gasteiger partial charge >= 0.3 is 0 Å². The van der Waals surface area contributed by atoms with Gasteiger partial charge in [0.1, 0.15) is 17.6 Å². The van der Waals surface area contributed by atoms with Gasteiger partial charge in [0.15, 0.2) is 0 Å². The van der Waals surface area contributed by atoms with Crippen LogP contribution in [-0.4, -0.2) is 49.8 Å². The molecule has 0 spiro atoms. The topological polar surface area (TPSA) is 71.0 Å². The molecule has 0 aromatic heterocycles. The predicted octanol–water partition coefficient (Wildman–Crippen LogP) is 1.08. The number of ether oxygens (including phenoxy) is 2. The van der Waals surface area contributed by atoms with Gasteiger partial charge in [0.2, 0.25) is 5.91 Å². The maximum atomic E-state index is 12.8. The first-order valence-corrected chi connectivity index (χ1v) is 8.07. The Labute approximate surface area is 136 Å². The summed E-state index contributed by atoms with van der Waals surface area (Å²) in [5, 5.41) is 13.8. The van der Waals surface area contributed by atoms with Crippen molar-refractivity contribution in [2.24, 2.45) is 5.92 Å². The number of aliphatic hydroxyl groups excluding tert-OH is 1. The fraction of sp³-hybridized carbons (Fsp3) is 0.588. The van der Waals surface area contributed by atoms with Crippen LogP contribution in [0.3, 0.4) is 0 Å². The van der Waals surface area contributed by atoms with E-state index in [0.717, 1.165) is 37.1 Å². The number of benzene rings is 1. The molecule has 23 heavy (non-hydrogen) atoms. The number of aliphatic hydroxyl groups is 1. The predicted molar refractivity (Wildman–Crippen MR) is 85.5 cm³/mol. The lowest BCUT2D eigenvalue weighted by Gasteiger charge is -2.36. The molecule has 1 atom stereocenters. The highest BCUT2D eigenvalue weighted by molar-refractivity contribution is 5.79. The molecule has 1 aromatic carbocycles. The minimum absolute atomic E-state index is 0.0432. The van der Waals surface area contributed by atoms with Crippen molar-refractivity contribution in [3.8, 4) is 11.5 Å². The third kappa shape index (κ3) is 3.01. The molecule has 0 saturated carbocycles. The van der Waals surface area contributed by atoms with Gasteiger partial charge in [-0.15, -0.1) is 0 Å². The van der Waals surface area contributed by atoms with E-state index in [9.17, 15) is 9.90 Å². The van der Waals surface area contributed by atoms with Crippen LogP contribution in [0.15, 0.2) is 12.1 Å². The molecule has 6 nitrogen and oxygen atoms in total. The number of nitrogens with one attached hydrogen (secondary N) is 1. The van der Waals surface area contributed by atoms with Crippen LogP contribution in [0.25, 0.3) is 0 Å². The Balaban J connectivity index is 1.88. The van der Waals surface area contributed by atoms with E-state index in [1.807, 2.05) is 6.07 Å². The molecule has 3 rings (SSSR count). The molecular weight excluding hydrogens is 296 g/mol. The Kier molecular flexibility index (Phi) is 4.73. The number of methoxy groups -OCH3 is 2. The van der Waals surface area contributed by atoms with E-state index in [-0.39, 0.29) is 11.8 Å². The summed E-state index contributed by atoms with van der Waals surface area (Å²) in [5.74, 6) is 1.49. The molecule has 0 bridgehead atoms. The Hall–Kier alpha value is -1.79. The van der Waals surface area contributed by atoms with Gasteiger partial charge in [-0.3, -0.25) is 4.79 Å². The molecule has 1 aromatic rings. The quantitative estimate of drug-likeness (QED) is 0.872. The van der Waals surface area contributed by atoms with E-state index in [0.29, 0.717) is 24.6 Å². The number of hydrogen-bond donors (Lipinski definition) is 2. The summed E-state index contributed by atoms with van der Waals surface area (Å²) in [5.41, 5.74) is 1.58. The third-order valence-corrected chi connectivity index (χ3v) is 4.79. The number of carbonyl (C=O) groups is 1. The van der Waals surface area contributed by atoms with Gasteiger partial charge in [0.05, 0.1) is 20.8 Å². The zero-order valence-corrected chi connectivity index (χ0v) is 13.7. The standard InChI is InChI=1S/C17H24N2O4/c1-22-14-3-4-15(23-2)16-12(14)9-19(10-13(16)20)17(21)11-5-7-18-8-6-11/h3-4,11,13,18,20H,5-10H2,1-2H3. The number of rotatable bonds is 3. The van der Waals surface area contributed by atoms with Gasteiger partial charge in [0, 0.05) is 23.6 Å². The summed E-state index contributed by atoms with van der Waals surface area (Å²) >= 11 is 0. The highest BCUT2D eigenvalue weighted by atomic mass is 16.5. The van der Waals surface area contributed by atoms with Crippen molar-refractivity contribution in [3.63, 3.8) is 0 Å². The summed E-state index contributed by atoms with van der Waals surface area (Å²) < 4.78 is 10.8. The molecular formula is C17H24N2O4. The summed E-state index contributed by atoms with van der Waals surface area (Å²) in [6, 6.07) is 3.62. The molecule has 2 aliphatic heterocycles. The van der Waals surface area contributed by atoms with Crippen molar-refractivity contribution in [2.75, 3.05) is 33.9 Å². The largest absolute Gasteiger partial charge is 0.496 e. The molecule has 1 fully saturated rings. The van der Waals surface area contributed by atoms with Crippen LogP contribution >= 0.6 is 0 Å². The van der Waals surface area contributed by atoms with Gasteiger partial charge in [0.25, 0.3) is 0 Å². The van der Waals surface area contributed by atoms with Crippen molar-refractivity contribution in [1.82, 2.24) is 10.2 Å². The number of β-amino-alcohol motifs (C(OH)–C–C–N with tert-alkyl or cyclic N) is 1. The first-order chi connectivity index (χ1) is 11.2. The minimum Gasteiger partial charge on any atom is -0.496 e. The summed E-state index contributed by atoms with van der Waals surface area (Å²) in [6.45, 7) is 2.51. The normalized spacial score (nSPS) is 21.7. The van der Waals surface area contributed by atoms with Crippen molar-refractivity contribution >= 4 is 5.91 Å². The molecule has 0 aliphatic carbocycles. The lowest BCUT2D eigenvalue weighted by atomic mass is 9.92. The van der Waals surface area contributed by atoms with E-state index in [2.05, 4.69) is 5.32 Å². The van der Waals surface area contributed by atoms with Crippen molar-refractivity contribution in [3.05, 3.63) is 23.3 Å².